The number of rotatable bonds is 2. The summed E-state index contributed by atoms with van der Waals surface area (Å²) in [5.41, 5.74) is 4.19. The first-order valence-electron chi connectivity index (χ1n) is 5.55. The maximum absolute atomic E-state index is 13.7. The molecule has 0 heterocycles. The minimum absolute atomic E-state index is 0.0932. The van der Waals surface area contributed by atoms with Crippen molar-refractivity contribution in [2.24, 2.45) is 0 Å². The first-order valence-corrected chi connectivity index (χ1v) is 6.47. The molecule has 0 aliphatic carbocycles. The van der Waals surface area contributed by atoms with Crippen LogP contribution in [0.5, 0.6) is 0 Å². The van der Waals surface area contributed by atoms with E-state index in [-0.39, 0.29) is 10.6 Å². The van der Waals surface area contributed by atoms with Gasteiger partial charge in [0, 0.05) is 5.56 Å². The third-order valence-electron chi connectivity index (χ3n) is 2.88. The number of benzene rings is 2. The molecule has 0 aliphatic rings. The summed E-state index contributed by atoms with van der Waals surface area (Å²) in [5.74, 6) is -0.172. The summed E-state index contributed by atoms with van der Waals surface area (Å²) < 4.78 is 13.7. The maximum atomic E-state index is 13.7. The van der Waals surface area contributed by atoms with Crippen molar-refractivity contribution in [2.75, 3.05) is 0 Å². The number of alkyl halides is 1. The average molecular weight is 293 g/mol. The van der Waals surface area contributed by atoms with E-state index < -0.39 is 0 Å². The molecule has 2 aromatic carbocycles. The van der Waals surface area contributed by atoms with E-state index in [0.29, 0.717) is 5.56 Å². The molecule has 0 aromatic heterocycles. The molecule has 17 heavy (non-hydrogen) atoms. The minimum atomic E-state index is -0.172. The van der Waals surface area contributed by atoms with Crippen molar-refractivity contribution in [1.29, 1.82) is 0 Å². The van der Waals surface area contributed by atoms with Crippen molar-refractivity contribution >= 4 is 15.9 Å². The van der Waals surface area contributed by atoms with Crippen LogP contribution in [0.1, 0.15) is 27.1 Å². The van der Waals surface area contributed by atoms with E-state index in [1.165, 1.54) is 17.2 Å². The molecule has 0 N–H and O–H groups in total. The molecule has 2 heteroatoms. The fraction of sp³-hybridized carbons (Fsp3) is 0.200. The number of hydrogen-bond donors (Lipinski definition) is 0. The van der Waals surface area contributed by atoms with E-state index in [9.17, 15) is 4.39 Å². The van der Waals surface area contributed by atoms with Crippen LogP contribution in [0.25, 0.3) is 0 Å². The van der Waals surface area contributed by atoms with Gasteiger partial charge in [0.25, 0.3) is 0 Å². The van der Waals surface area contributed by atoms with E-state index in [1.807, 2.05) is 12.1 Å². The predicted octanol–water partition coefficient (Wildman–Crippen LogP) is 4.93. The summed E-state index contributed by atoms with van der Waals surface area (Å²) in [6, 6.07) is 13.1. The summed E-state index contributed by atoms with van der Waals surface area (Å²) in [5, 5.41) is 0. The monoisotopic (exact) mass is 292 g/mol. The molecule has 2 rings (SSSR count). The van der Waals surface area contributed by atoms with Gasteiger partial charge in [-0.25, -0.2) is 4.39 Å². The molecule has 0 bridgehead atoms. The predicted molar refractivity (Wildman–Crippen MR) is 73.1 cm³/mol. The third-order valence-corrected chi connectivity index (χ3v) is 3.86. The highest BCUT2D eigenvalue weighted by molar-refractivity contribution is 9.09. The Morgan fingerprint density at radius 1 is 1.00 bits per heavy atom. The Hall–Kier alpha value is -1.15. The van der Waals surface area contributed by atoms with Crippen molar-refractivity contribution in [3.8, 4) is 0 Å². The Kier molecular flexibility index (Phi) is 3.63. The molecule has 0 nitrogen and oxygen atoms in total. The summed E-state index contributed by atoms with van der Waals surface area (Å²) >= 11 is 3.58. The van der Waals surface area contributed by atoms with Crippen LogP contribution in [0.3, 0.4) is 0 Å². The molecule has 1 unspecified atom stereocenters. The molecule has 0 amide bonds. The van der Waals surface area contributed by atoms with E-state index in [4.69, 9.17) is 0 Å². The van der Waals surface area contributed by atoms with Gasteiger partial charge in [-0.2, -0.15) is 0 Å². The van der Waals surface area contributed by atoms with Crippen LogP contribution in [0.4, 0.5) is 4.39 Å². The van der Waals surface area contributed by atoms with Crippen LogP contribution in [0.15, 0.2) is 42.5 Å². The van der Waals surface area contributed by atoms with Gasteiger partial charge in [0.15, 0.2) is 0 Å². The number of halogens is 2. The first kappa shape index (κ1) is 12.3. The molecular weight excluding hydrogens is 279 g/mol. The van der Waals surface area contributed by atoms with Crippen molar-refractivity contribution < 1.29 is 4.39 Å². The highest BCUT2D eigenvalue weighted by Gasteiger charge is 2.15. The zero-order chi connectivity index (χ0) is 12.4. The van der Waals surface area contributed by atoms with Gasteiger partial charge in [0.2, 0.25) is 0 Å². The van der Waals surface area contributed by atoms with Gasteiger partial charge in [-0.3, -0.25) is 0 Å². The largest absolute Gasteiger partial charge is 0.207 e. The molecule has 1 atom stereocenters. The lowest BCUT2D eigenvalue weighted by Crippen LogP contribution is -1.99. The molecule has 0 saturated heterocycles. The Bertz CT molecular complexity index is 534. The van der Waals surface area contributed by atoms with Gasteiger partial charge in [-0.05, 0) is 31.0 Å². The lowest BCUT2D eigenvalue weighted by atomic mass is 9.98. The maximum Gasteiger partial charge on any atom is 0.127 e. The van der Waals surface area contributed by atoms with Crippen molar-refractivity contribution in [2.45, 2.75) is 18.7 Å². The van der Waals surface area contributed by atoms with Gasteiger partial charge < -0.3 is 0 Å². The molecule has 0 fully saturated rings. The molecular formula is C15H14BrF. The number of aryl methyl sites for hydroxylation is 2. The lowest BCUT2D eigenvalue weighted by Gasteiger charge is -2.14. The highest BCUT2D eigenvalue weighted by Crippen LogP contribution is 2.34. The topological polar surface area (TPSA) is 0 Å². The third kappa shape index (κ3) is 2.58. The fourth-order valence-corrected chi connectivity index (χ4v) is 2.84. The summed E-state index contributed by atoms with van der Waals surface area (Å²) in [7, 11) is 0. The van der Waals surface area contributed by atoms with Crippen LogP contribution >= 0.6 is 15.9 Å². The Morgan fingerprint density at radius 2 is 1.71 bits per heavy atom. The summed E-state index contributed by atoms with van der Waals surface area (Å²) in [4.78, 5) is -0.0932. The Balaban J connectivity index is 2.44. The van der Waals surface area contributed by atoms with Crippen LogP contribution in [0, 0.1) is 19.7 Å². The molecule has 0 radical (unpaired) electrons. The van der Waals surface area contributed by atoms with Crippen LogP contribution in [-0.2, 0) is 0 Å². The Labute approximate surface area is 110 Å². The summed E-state index contributed by atoms with van der Waals surface area (Å²) in [6.45, 7) is 4.11. The van der Waals surface area contributed by atoms with Crippen LogP contribution in [0.2, 0.25) is 0 Å². The van der Waals surface area contributed by atoms with E-state index in [1.54, 1.807) is 6.07 Å². The molecule has 88 valence electrons. The quantitative estimate of drug-likeness (QED) is 0.689. The SMILES string of the molecule is Cc1ccc(C(Br)c2ccccc2F)c(C)c1. The van der Waals surface area contributed by atoms with E-state index in [0.717, 1.165) is 5.56 Å². The van der Waals surface area contributed by atoms with Crippen LogP contribution in [-0.4, -0.2) is 0 Å². The second kappa shape index (κ2) is 5.01. The summed E-state index contributed by atoms with van der Waals surface area (Å²) in [6.07, 6.45) is 0. The van der Waals surface area contributed by atoms with Crippen LogP contribution < -0.4 is 0 Å². The smallest absolute Gasteiger partial charge is 0.127 e. The van der Waals surface area contributed by atoms with Crippen molar-refractivity contribution in [3.05, 3.63) is 70.5 Å². The minimum Gasteiger partial charge on any atom is -0.207 e. The van der Waals surface area contributed by atoms with Crippen molar-refractivity contribution in [3.63, 3.8) is 0 Å². The zero-order valence-electron chi connectivity index (χ0n) is 9.87. The number of hydrogen-bond acceptors (Lipinski definition) is 0. The molecule has 2 aromatic rings. The Morgan fingerprint density at radius 3 is 2.35 bits per heavy atom. The van der Waals surface area contributed by atoms with Gasteiger partial charge in [-0.1, -0.05) is 57.9 Å². The normalized spacial score (nSPS) is 12.5. The molecule has 0 aliphatic heterocycles. The molecule has 0 spiro atoms. The van der Waals surface area contributed by atoms with Crippen molar-refractivity contribution in [1.82, 2.24) is 0 Å². The average Bonchev–Trinajstić information content (AvgIpc) is 2.29. The second-order valence-electron chi connectivity index (χ2n) is 4.24. The lowest BCUT2D eigenvalue weighted by molar-refractivity contribution is 0.613. The van der Waals surface area contributed by atoms with Gasteiger partial charge in [0.1, 0.15) is 5.82 Å². The molecule has 0 saturated carbocycles. The van der Waals surface area contributed by atoms with Gasteiger partial charge in [0.05, 0.1) is 4.83 Å². The fourth-order valence-electron chi connectivity index (χ4n) is 1.96. The standard InChI is InChI=1S/C15H14BrF/c1-10-7-8-12(11(2)9-10)15(16)13-5-3-4-6-14(13)17/h3-9,15H,1-2H3. The first-order chi connectivity index (χ1) is 8.09. The van der Waals surface area contributed by atoms with Gasteiger partial charge >= 0.3 is 0 Å². The highest BCUT2D eigenvalue weighted by atomic mass is 79.9. The zero-order valence-corrected chi connectivity index (χ0v) is 11.5. The second-order valence-corrected chi connectivity index (χ2v) is 5.16. The van der Waals surface area contributed by atoms with Gasteiger partial charge in [-0.15, -0.1) is 0 Å². The van der Waals surface area contributed by atoms with E-state index >= 15 is 0 Å². The van der Waals surface area contributed by atoms with E-state index in [2.05, 4.69) is 48.0 Å².